The fourth-order valence-corrected chi connectivity index (χ4v) is 4.62. The number of hydrogen-bond acceptors (Lipinski definition) is 5. The number of hydrogen-bond donors (Lipinski definition) is 1. The van der Waals surface area contributed by atoms with Crippen molar-refractivity contribution in [2.75, 3.05) is 34.4 Å². The van der Waals surface area contributed by atoms with Gasteiger partial charge < -0.3 is 24.4 Å². The average molecular weight is 511 g/mol. The van der Waals surface area contributed by atoms with Crippen molar-refractivity contribution in [1.82, 2.24) is 10.2 Å². The smallest absolute Gasteiger partial charge is 0.256 e. The molecule has 9 heteroatoms. The molecule has 1 fully saturated rings. The number of halogens is 2. The molecule has 1 aliphatic rings. The molecule has 1 N–H and O–H groups in total. The topological polar surface area (TPSA) is 77.1 Å². The highest BCUT2D eigenvalue weighted by Crippen LogP contribution is 2.43. The number of amides is 2. The summed E-state index contributed by atoms with van der Waals surface area (Å²) in [6.07, 6.45) is 0. The lowest BCUT2D eigenvalue weighted by Crippen LogP contribution is -2.35. The van der Waals surface area contributed by atoms with Crippen molar-refractivity contribution < 1.29 is 32.6 Å². The van der Waals surface area contributed by atoms with E-state index < -0.39 is 23.6 Å². The third-order valence-electron chi connectivity index (χ3n) is 6.54. The van der Waals surface area contributed by atoms with Crippen molar-refractivity contribution >= 4 is 11.8 Å². The van der Waals surface area contributed by atoms with Crippen LogP contribution in [0.4, 0.5) is 8.78 Å². The second-order valence-electron chi connectivity index (χ2n) is 8.71. The number of methoxy groups -OCH3 is 3. The predicted molar refractivity (Wildman–Crippen MR) is 133 cm³/mol. The normalized spacial score (nSPS) is 16.8. The lowest BCUT2D eigenvalue weighted by Gasteiger charge is -2.21. The largest absolute Gasteiger partial charge is 0.493 e. The van der Waals surface area contributed by atoms with Crippen molar-refractivity contribution in [3.05, 3.63) is 89.0 Å². The minimum absolute atomic E-state index is 0.0569. The van der Waals surface area contributed by atoms with Crippen molar-refractivity contribution in [1.29, 1.82) is 0 Å². The molecule has 0 aliphatic carbocycles. The number of likely N-dealkylation sites (tertiary alicyclic amines) is 1. The molecule has 0 unspecified atom stereocenters. The van der Waals surface area contributed by atoms with Gasteiger partial charge >= 0.3 is 0 Å². The maximum Gasteiger partial charge on any atom is 0.256 e. The van der Waals surface area contributed by atoms with Crippen LogP contribution in [0, 0.1) is 17.6 Å². The third kappa shape index (κ3) is 5.50. The molecular weight excluding hydrogens is 482 g/mol. The van der Waals surface area contributed by atoms with Crippen LogP contribution >= 0.6 is 0 Å². The van der Waals surface area contributed by atoms with E-state index in [0.29, 0.717) is 22.8 Å². The van der Waals surface area contributed by atoms with Crippen LogP contribution in [0.25, 0.3) is 0 Å². The van der Waals surface area contributed by atoms with Gasteiger partial charge in [-0.3, -0.25) is 9.59 Å². The van der Waals surface area contributed by atoms with Crippen LogP contribution in [0.2, 0.25) is 0 Å². The second-order valence-corrected chi connectivity index (χ2v) is 8.71. The average Bonchev–Trinajstić information content (AvgIpc) is 3.37. The fraction of sp³-hybridized carbons (Fsp3) is 0.286. The first-order chi connectivity index (χ1) is 17.9. The molecule has 1 aliphatic heterocycles. The van der Waals surface area contributed by atoms with E-state index in [1.165, 1.54) is 56.6 Å². The van der Waals surface area contributed by atoms with Crippen LogP contribution in [0.3, 0.4) is 0 Å². The maximum atomic E-state index is 14.4. The van der Waals surface area contributed by atoms with Gasteiger partial charge in [-0.1, -0.05) is 24.3 Å². The Balaban J connectivity index is 1.65. The molecule has 0 aromatic heterocycles. The fourth-order valence-electron chi connectivity index (χ4n) is 4.62. The van der Waals surface area contributed by atoms with Crippen LogP contribution in [-0.4, -0.2) is 51.1 Å². The first kappa shape index (κ1) is 25.9. The van der Waals surface area contributed by atoms with E-state index in [0.717, 1.165) is 5.56 Å². The van der Waals surface area contributed by atoms with Gasteiger partial charge in [0, 0.05) is 25.6 Å². The van der Waals surface area contributed by atoms with Crippen LogP contribution in [0.15, 0.2) is 60.7 Å². The molecule has 0 bridgehead atoms. The zero-order chi connectivity index (χ0) is 26.5. The highest BCUT2D eigenvalue weighted by molar-refractivity contribution is 5.95. The summed E-state index contributed by atoms with van der Waals surface area (Å²) >= 11 is 0. The molecule has 2 amide bonds. The summed E-state index contributed by atoms with van der Waals surface area (Å²) in [5, 5.41) is 2.89. The number of carbonyl (C=O) groups is 2. The summed E-state index contributed by atoms with van der Waals surface area (Å²) in [5.74, 6) is -1.60. The second kappa shape index (κ2) is 11.3. The Bertz CT molecular complexity index is 1260. The van der Waals surface area contributed by atoms with Gasteiger partial charge in [0.05, 0.1) is 32.8 Å². The molecule has 3 aromatic carbocycles. The van der Waals surface area contributed by atoms with E-state index in [-0.39, 0.29) is 36.9 Å². The van der Waals surface area contributed by atoms with E-state index in [9.17, 15) is 18.4 Å². The monoisotopic (exact) mass is 510 g/mol. The van der Waals surface area contributed by atoms with Gasteiger partial charge in [0.2, 0.25) is 11.7 Å². The van der Waals surface area contributed by atoms with Gasteiger partial charge in [0.1, 0.15) is 11.6 Å². The standard InChI is InChI=1S/C28H28F2N2O5/c1-35-24-12-18(13-25(36-2)26(24)37-3)21-15-32(28(34)20-6-4-5-7-23(20)30)16-22(21)27(33)31-14-17-8-10-19(29)11-9-17/h4-13,21-22H,14-16H2,1-3H3,(H,31,33)/t21-,22+/m0/s1. The van der Waals surface area contributed by atoms with Crippen LogP contribution in [0.1, 0.15) is 27.4 Å². The molecule has 3 aromatic rings. The van der Waals surface area contributed by atoms with E-state index in [4.69, 9.17) is 14.2 Å². The quantitative estimate of drug-likeness (QED) is 0.493. The molecule has 0 radical (unpaired) electrons. The predicted octanol–water partition coefficient (Wildman–Crippen LogP) is 4.16. The van der Waals surface area contributed by atoms with Crippen LogP contribution < -0.4 is 19.5 Å². The first-order valence-electron chi connectivity index (χ1n) is 11.7. The highest BCUT2D eigenvalue weighted by Gasteiger charge is 2.41. The summed E-state index contributed by atoms with van der Waals surface area (Å²) in [7, 11) is 4.49. The van der Waals surface area contributed by atoms with E-state index in [1.54, 1.807) is 30.3 Å². The van der Waals surface area contributed by atoms with Gasteiger partial charge in [-0.25, -0.2) is 8.78 Å². The van der Waals surface area contributed by atoms with Crippen molar-refractivity contribution in [2.24, 2.45) is 5.92 Å². The molecule has 7 nitrogen and oxygen atoms in total. The summed E-state index contributed by atoms with van der Waals surface area (Å²) in [6, 6.07) is 15.1. The van der Waals surface area contributed by atoms with Crippen LogP contribution in [0.5, 0.6) is 17.2 Å². The molecule has 1 saturated heterocycles. The molecule has 0 saturated carbocycles. The van der Waals surface area contributed by atoms with Gasteiger partial charge in [-0.2, -0.15) is 0 Å². The Morgan fingerprint density at radius 3 is 2.16 bits per heavy atom. The van der Waals surface area contributed by atoms with Crippen molar-refractivity contribution in [3.8, 4) is 17.2 Å². The molecule has 1 heterocycles. The van der Waals surface area contributed by atoms with E-state index in [1.807, 2.05) is 0 Å². The number of benzene rings is 3. The molecular formula is C28H28F2N2O5. The minimum Gasteiger partial charge on any atom is -0.493 e. The zero-order valence-electron chi connectivity index (χ0n) is 20.8. The number of nitrogens with zero attached hydrogens (tertiary/aromatic N) is 1. The Kier molecular flexibility index (Phi) is 7.91. The molecule has 2 atom stereocenters. The Labute approximate surface area is 213 Å². The SMILES string of the molecule is COc1cc([C@@H]2CN(C(=O)c3ccccc3F)C[C@H]2C(=O)NCc2ccc(F)cc2)cc(OC)c1OC. The maximum absolute atomic E-state index is 14.4. The summed E-state index contributed by atoms with van der Waals surface area (Å²) in [6.45, 7) is 0.461. The lowest BCUT2D eigenvalue weighted by molar-refractivity contribution is -0.125. The Morgan fingerprint density at radius 2 is 1.57 bits per heavy atom. The summed E-state index contributed by atoms with van der Waals surface area (Å²) in [5.41, 5.74) is 1.38. The van der Waals surface area contributed by atoms with Crippen LogP contribution in [-0.2, 0) is 11.3 Å². The van der Waals surface area contributed by atoms with E-state index >= 15 is 0 Å². The Morgan fingerprint density at radius 1 is 0.919 bits per heavy atom. The number of ether oxygens (including phenoxy) is 3. The molecule has 194 valence electrons. The van der Waals surface area contributed by atoms with Gasteiger partial charge in [0.25, 0.3) is 5.91 Å². The summed E-state index contributed by atoms with van der Waals surface area (Å²) in [4.78, 5) is 28.1. The minimum atomic E-state index is -0.640. The van der Waals surface area contributed by atoms with Gasteiger partial charge in [0.15, 0.2) is 11.5 Å². The number of rotatable bonds is 8. The summed E-state index contributed by atoms with van der Waals surface area (Å²) < 4.78 is 44.0. The zero-order valence-corrected chi connectivity index (χ0v) is 20.8. The number of carbonyl (C=O) groups excluding carboxylic acids is 2. The number of nitrogens with one attached hydrogen (secondary N) is 1. The van der Waals surface area contributed by atoms with Crippen molar-refractivity contribution in [2.45, 2.75) is 12.5 Å². The third-order valence-corrected chi connectivity index (χ3v) is 6.54. The lowest BCUT2D eigenvalue weighted by atomic mass is 9.87. The molecule has 37 heavy (non-hydrogen) atoms. The van der Waals surface area contributed by atoms with Gasteiger partial charge in [-0.15, -0.1) is 0 Å². The molecule has 4 rings (SSSR count). The first-order valence-corrected chi connectivity index (χ1v) is 11.7. The molecule has 0 spiro atoms. The highest BCUT2D eigenvalue weighted by atomic mass is 19.1. The Hall–Kier alpha value is -4.14. The van der Waals surface area contributed by atoms with Crippen molar-refractivity contribution in [3.63, 3.8) is 0 Å². The van der Waals surface area contributed by atoms with E-state index in [2.05, 4.69) is 5.32 Å². The van der Waals surface area contributed by atoms with Gasteiger partial charge in [-0.05, 0) is 47.5 Å².